The summed E-state index contributed by atoms with van der Waals surface area (Å²) in [5.41, 5.74) is 1.67. The summed E-state index contributed by atoms with van der Waals surface area (Å²) in [6, 6.07) is 12.1. The highest BCUT2D eigenvalue weighted by atomic mass is 32.1. The van der Waals surface area contributed by atoms with E-state index in [4.69, 9.17) is 4.42 Å². The summed E-state index contributed by atoms with van der Waals surface area (Å²) in [6.07, 6.45) is 2.77. The van der Waals surface area contributed by atoms with Crippen LogP contribution in [0, 0.1) is 5.92 Å². The van der Waals surface area contributed by atoms with Crippen LogP contribution in [0.4, 0.5) is 5.13 Å². The van der Waals surface area contributed by atoms with Crippen LogP contribution >= 0.6 is 11.3 Å². The molecule has 4 aromatic rings. The standard InChI is InChI=1S/C20H19N3O2S/c1-12(2)9-18-22-23-20(26-18)21-17(24)10-14-11-25-16-8-7-13-5-3-4-6-15(13)19(14)16/h3-8,11-12H,9-10H2,1-2H3,(H,21,23,24). The Morgan fingerprint density at radius 1 is 1.19 bits per heavy atom. The maximum atomic E-state index is 12.5. The first kappa shape index (κ1) is 16.7. The highest BCUT2D eigenvalue weighted by molar-refractivity contribution is 7.15. The van der Waals surface area contributed by atoms with Crippen molar-refractivity contribution in [1.82, 2.24) is 10.2 Å². The van der Waals surface area contributed by atoms with Gasteiger partial charge in [0.05, 0.1) is 12.7 Å². The Balaban J connectivity index is 1.56. The first-order chi connectivity index (χ1) is 12.6. The fourth-order valence-electron chi connectivity index (χ4n) is 3.08. The molecule has 4 rings (SSSR count). The van der Waals surface area contributed by atoms with E-state index in [0.717, 1.165) is 38.7 Å². The lowest BCUT2D eigenvalue weighted by Gasteiger charge is -2.03. The molecular formula is C20H19N3O2S. The second-order valence-corrected chi connectivity index (χ2v) is 7.81. The number of anilines is 1. The van der Waals surface area contributed by atoms with Crippen molar-refractivity contribution >= 4 is 44.1 Å². The number of amides is 1. The minimum atomic E-state index is -0.118. The van der Waals surface area contributed by atoms with Crippen molar-refractivity contribution in [3.8, 4) is 0 Å². The van der Waals surface area contributed by atoms with Crippen molar-refractivity contribution in [1.29, 1.82) is 0 Å². The molecule has 132 valence electrons. The minimum Gasteiger partial charge on any atom is -0.464 e. The van der Waals surface area contributed by atoms with Crippen molar-refractivity contribution in [2.75, 3.05) is 5.32 Å². The molecule has 2 aromatic carbocycles. The van der Waals surface area contributed by atoms with Crippen LogP contribution in [0.1, 0.15) is 24.4 Å². The summed E-state index contributed by atoms with van der Waals surface area (Å²) < 4.78 is 5.65. The Morgan fingerprint density at radius 3 is 2.88 bits per heavy atom. The van der Waals surface area contributed by atoms with E-state index in [0.29, 0.717) is 11.0 Å². The Bertz CT molecular complexity index is 1080. The molecule has 0 aliphatic heterocycles. The Labute approximate surface area is 155 Å². The number of nitrogens with zero attached hydrogens (tertiary/aromatic N) is 2. The van der Waals surface area contributed by atoms with Crippen LogP contribution in [0.25, 0.3) is 21.7 Å². The van der Waals surface area contributed by atoms with Gasteiger partial charge in [-0.3, -0.25) is 4.79 Å². The third-order valence-electron chi connectivity index (χ3n) is 4.19. The van der Waals surface area contributed by atoms with Gasteiger partial charge in [-0.25, -0.2) is 0 Å². The highest BCUT2D eigenvalue weighted by Crippen LogP contribution is 2.30. The summed E-state index contributed by atoms with van der Waals surface area (Å²) in [5.74, 6) is 0.393. The van der Waals surface area contributed by atoms with E-state index in [1.807, 2.05) is 24.3 Å². The minimum absolute atomic E-state index is 0.118. The molecule has 1 amide bonds. The summed E-state index contributed by atoms with van der Waals surface area (Å²) in [6.45, 7) is 4.27. The number of carbonyl (C=O) groups is 1. The van der Waals surface area contributed by atoms with Crippen molar-refractivity contribution in [2.24, 2.45) is 5.92 Å². The number of hydrogen-bond acceptors (Lipinski definition) is 5. The lowest BCUT2D eigenvalue weighted by Crippen LogP contribution is -2.14. The number of hydrogen-bond donors (Lipinski definition) is 1. The van der Waals surface area contributed by atoms with Crippen LogP contribution in [0.3, 0.4) is 0 Å². The molecule has 6 heteroatoms. The number of furan rings is 1. The van der Waals surface area contributed by atoms with E-state index in [-0.39, 0.29) is 12.3 Å². The van der Waals surface area contributed by atoms with Crippen LogP contribution < -0.4 is 5.32 Å². The third kappa shape index (κ3) is 3.32. The molecular weight excluding hydrogens is 346 g/mol. The molecule has 0 aliphatic carbocycles. The molecule has 0 radical (unpaired) electrons. The average Bonchev–Trinajstić information content (AvgIpc) is 3.21. The average molecular weight is 365 g/mol. The van der Waals surface area contributed by atoms with Gasteiger partial charge in [0.15, 0.2) is 0 Å². The summed E-state index contributed by atoms with van der Waals surface area (Å²) in [5, 5.41) is 15.8. The van der Waals surface area contributed by atoms with Gasteiger partial charge in [0, 0.05) is 17.4 Å². The first-order valence-electron chi connectivity index (χ1n) is 8.60. The molecule has 2 aromatic heterocycles. The lowest BCUT2D eigenvalue weighted by atomic mass is 10.0. The van der Waals surface area contributed by atoms with Gasteiger partial charge in [-0.05, 0) is 22.8 Å². The van der Waals surface area contributed by atoms with Gasteiger partial charge in [-0.2, -0.15) is 0 Å². The number of nitrogens with one attached hydrogen (secondary N) is 1. The van der Waals surface area contributed by atoms with Crippen molar-refractivity contribution in [3.05, 3.63) is 53.2 Å². The topological polar surface area (TPSA) is 68.0 Å². The molecule has 2 heterocycles. The van der Waals surface area contributed by atoms with Crippen LogP contribution in [0.15, 0.2) is 47.1 Å². The molecule has 0 aliphatic rings. The normalized spacial score (nSPS) is 11.5. The lowest BCUT2D eigenvalue weighted by molar-refractivity contribution is -0.115. The predicted molar refractivity (Wildman–Crippen MR) is 105 cm³/mol. The summed E-state index contributed by atoms with van der Waals surface area (Å²) >= 11 is 1.43. The van der Waals surface area contributed by atoms with Gasteiger partial charge in [-0.1, -0.05) is 55.5 Å². The monoisotopic (exact) mass is 365 g/mol. The second-order valence-electron chi connectivity index (χ2n) is 6.74. The first-order valence-corrected chi connectivity index (χ1v) is 9.42. The van der Waals surface area contributed by atoms with Gasteiger partial charge < -0.3 is 9.73 Å². The second kappa shape index (κ2) is 6.88. The van der Waals surface area contributed by atoms with Gasteiger partial charge in [0.1, 0.15) is 10.6 Å². The van der Waals surface area contributed by atoms with E-state index in [1.54, 1.807) is 6.26 Å². The quantitative estimate of drug-likeness (QED) is 0.551. The highest BCUT2D eigenvalue weighted by Gasteiger charge is 2.15. The summed E-state index contributed by atoms with van der Waals surface area (Å²) in [4.78, 5) is 12.5. The zero-order valence-corrected chi connectivity index (χ0v) is 15.5. The Morgan fingerprint density at radius 2 is 2.04 bits per heavy atom. The van der Waals surface area contributed by atoms with Crippen LogP contribution in [0.5, 0.6) is 0 Å². The zero-order chi connectivity index (χ0) is 18.1. The molecule has 0 saturated heterocycles. The van der Waals surface area contributed by atoms with E-state index >= 15 is 0 Å². The van der Waals surface area contributed by atoms with Crippen LogP contribution in [0.2, 0.25) is 0 Å². The smallest absolute Gasteiger partial charge is 0.230 e. The van der Waals surface area contributed by atoms with Crippen molar-refractivity contribution in [2.45, 2.75) is 26.7 Å². The van der Waals surface area contributed by atoms with Crippen LogP contribution in [-0.2, 0) is 17.6 Å². The van der Waals surface area contributed by atoms with E-state index in [2.05, 4.69) is 41.5 Å². The fraction of sp³-hybridized carbons (Fsp3) is 0.250. The number of rotatable bonds is 5. The van der Waals surface area contributed by atoms with Crippen molar-refractivity contribution < 1.29 is 9.21 Å². The third-order valence-corrected chi connectivity index (χ3v) is 5.05. The molecule has 26 heavy (non-hydrogen) atoms. The largest absolute Gasteiger partial charge is 0.464 e. The molecule has 0 saturated carbocycles. The van der Waals surface area contributed by atoms with Gasteiger partial charge in [-0.15, -0.1) is 10.2 Å². The number of carbonyl (C=O) groups excluding carboxylic acids is 1. The molecule has 0 unspecified atom stereocenters. The molecule has 0 atom stereocenters. The van der Waals surface area contributed by atoms with Gasteiger partial charge in [0.25, 0.3) is 0 Å². The van der Waals surface area contributed by atoms with Gasteiger partial charge >= 0.3 is 0 Å². The molecule has 0 fully saturated rings. The van der Waals surface area contributed by atoms with Crippen molar-refractivity contribution in [3.63, 3.8) is 0 Å². The molecule has 0 spiro atoms. The van der Waals surface area contributed by atoms with Crippen LogP contribution in [-0.4, -0.2) is 16.1 Å². The SMILES string of the molecule is CC(C)Cc1nnc(NC(=O)Cc2coc3ccc4ccccc4c23)s1. The Hall–Kier alpha value is -2.73. The molecule has 0 bridgehead atoms. The number of aromatic nitrogens is 2. The van der Waals surface area contributed by atoms with Gasteiger partial charge in [0.2, 0.25) is 11.0 Å². The van der Waals surface area contributed by atoms with E-state index in [1.165, 1.54) is 11.3 Å². The van der Waals surface area contributed by atoms with E-state index < -0.39 is 0 Å². The summed E-state index contributed by atoms with van der Waals surface area (Å²) in [7, 11) is 0. The maximum absolute atomic E-state index is 12.5. The fourth-order valence-corrected chi connectivity index (χ4v) is 4.04. The van der Waals surface area contributed by atoms with E-state index in [9.17, 15) is 4.79 Å². The number of fused-ring (bicyclic) bond motifs is 3. The Kier molecular flexibility index (Phi) is 4.42. The number of benzene rings is 2. The molecule has 1 N–H and O–H groups in total. The maximum Gasteiger partial charge on any atom is 0.230 e. The predicted octanol–water partition coefficient (Wildman–Crippen LogP) is 4.82. The zero-order valence-electron chi connectivity index (χ0n) is 14.7. The molecule has 5 nitrogen and oxygen atoms in total.